The highest BCUT2D eigenvalue weighted by Crippen LogP contribution is 2.28. The Hall–Kier alpha value is -1.14. The molecule has 2 fully saturated rings. The van der Waals surface area contributed by atoms with Crippen LogP contribution in [-0.2, 0) is 14.3 Å². The highest BCUT2D eigenvalue weighted by atomic mass is 16.5. The van der Waals surface area contributed by atoms with Crippen molar-refractivity contribution >= 4 is 11.8 Å². The van der Waals surface area contributed by atoms with E-state index in [-0.39, 0.29) is 36.4 Å². The Bertz CT molecular complexity index is 384. The van der Waals surface area contributed by atoms with Crippen LogP contribution in [0.25, 0.3) is 0 Å². The summed E-state index contributed by atoms with van der Waals surface area (Å²) in [5.41, 5.74) is 5.77. The average molecular weight is 297 g/mol. The molecule has 3 N–H and O–H groups in total. The van der Waals surface area contributed by atoms with E-state index in [9.17, 15) is 9.59 Å². The van der Waals surface area contributed by atoms with Crippen molar-refractivity contribution in [3.05, 3.63) is 0 Å². The van der Waals surface area contributed by atoms with Crippen molar-refractivity contribution in [1.29, 1.82) is 0 Å². The predicted octanol–water partition coefficient (Wildman–Crippen LogP) is 0.256. The van der Waals surface area contributed by atoms with Gasteiger partial charge >= 0.3 is 0 Å². The number of carbonyl (C=O) groups excluding carboxylic acids is 2. The van der Waals surface area contributed by atoms with Gasteiger partial charge in [-0.3, -0.25) is 9.59 Å². The molecule has 6 heteroatoms. The molecule has 3 atom stereocenters. The van der Waals surface area contributed by atoms with Gasteiger partial charge in [-0.1, -0.05) is 26.7 Å². The second-order valence-electron chi connectivity index (χ2n) is 6.34. The molecule has 0 aromatic heterocycles. The van der Waals surface area contributed by atoms with Gasteiger partial charge in [0.1, 0.15) is 0 Å². The maximum atomic E-state index is 12.4. The number of nitrogens with zero attached hydrogens (tertiary/aromatic N) is 1. The molecule has 2 aliphatic rings. The van der Waals surface area contributed by atoms with Crippen LogP contribution in [0.1, 0.15) is 39.5 Å². The summed E-state index contributed by atoms with van der Waals surface area (Å²) < 4.78 is 5.76. The molecule has 1 saturated heterocycles. The van der Waals surface area contributed by atoms with E-state index >= 15 is 0 Å². The maximum absolute atomic E-state index is 12.4. The number of amides is 2. The highest BCUT2D eigenvalue weighted by Gasteiger charge is 2.36. The lowest BCUT2D eigenvalue weighted by atomic mass is 9.90. The monoisotopic (exact) mass is 297 g/mol. The molecule has 0 bridgehead atoms. The van der Waals surface area contributed by atoms with Gasteiger partial charge in [-0.25, -0.2) is 0 Å². The Morgan fingerprint density at radius 1 is 1.33 bits per heavy atom. The smallest absolute Gasteiger partial charge is 0.242 e. The Kier molecular flexibility index (Phi) is 5.58. The molecular formula is C15H27N3O3. The van der Waals surface area contributed by atoms with Crippen molar-refractivity contribution in [2.45, 2.75) is 57.7 Å². The molecule has 0 radical (unpaired) electrons. The first-order chi connectivity index (χ1) is 10.0. The Morgan fingerprint density at radius 3 is 2.76 bits per heavy atom. The quantitative estimate of drug-likeness (QED) is 0.779. The minimum atomic E-state index is -0.565. The van der Waals surface area contributed by atoms with Crippen molar-refractivity contribution in [3.8, 4) is 0 Å². The summed E-state index contributed by atoms with van der Waals surface area (Å²) >= 11 is 0. The third-order valence-corrected chi connectivity index (χ3v) is 4.49. The SMILES string of the molecule is CC(C)[C@H](N)C(=O)NCC(=O)N1CCOC2CCCCC21. The first kappa shape index (κ1) is 16.2. The van der Waals surface area contributed by atoms with E-state index in [0.29, 0.717) is 13.2 Å². The fourth-order valence-electron chi connectivity index (χ4n) is 3.09. The minimum Gasteiger partial charge on any atom is -0.374 e. The molecule has 0 aromatic rings. The van der Waals surface area contributed by atoms with E-state index in [0.717, 1.165) is 19.3 Å². The van der Waals surface area contributed by atoms with Crippen LogP contribution < -0.4 is 11.1 Å². The molecule has 6 nitrogen and oxygen atoms in total. The van der Waals surface area contributed by atoms with Gasteiger partial charge in [0.15, 0.2) is 0 Å². The van der Waals surface area contributed by atoms with Crippen LogP contribution in [0.3, 0.4) is 0 Å². The van der Waals surface area contributed by atoms with E-state index in [1.807, 2.05) is 18.7 Å². The number of fused-ring (bicyclic) bond motifs is 1. The molecule has 21 heavy (non-hydrogen) atoms. The Labute approximate surface area is 126 Å². The van der Waals surface area contributed by atoms with Gasteiger partial charge in [0.2, 0.25) is 11.8 Å². The molecule has 0 spiro atoms. The molecule has 1 saturated carbocycles. The number of nitrogens with two attached hydrogens (primary N) is 1. The molecular weight excluding hydrogens is 270 g/mol. The van der Waals surface area contributed by atoms with E-state index < -0.39 is 6.04 Å². The van der Waals surface area contributed by atoms with Gasteiger partial charge in [0.05, 0.1) is 31.3 Å². The predicted molar refractivity (Wildman–Crippen MR) is 79.5 cm³/mol. The van der Waals surface area contributed by atoms with Gasteiger partial charge in [-0.2, -0.15) is 0 Å². The summed E-state index contributed by atoms with van der Waals surface area (Å²) in [5.74, 6) is -0.225. The molecule has 1 aliphatic carbocycles. The summed E-state index contributed by atoms with van der Waals surface area (Å²) in [6, 6.07) is -0.388. The van der Waals surface area contributed by atoms with Crippen molar-refractivity contribution in [3.63, 3.8) is 0 Å². The van der Waals surface area contributed by atoms with E-state index in [1.54, 1.807) is 0 Å². The average Bonchev–Trinajstić information content (AvgIpc) is 2.50. The summed E-state index contributed by atoms with van der Waals surface area (Å²) in [4.78, 5) is 26.1. The van der Waals surface area contributed by atoms with Gasteiger partial charge in [-0.15, -0.1) is 0 Å². The van der Waals surface area contributed by atoms with Crippen LogP contribution in [0.4, 0.5) is 0 Å². The molecule has 2 amide bonds. The summed E-state index contributed by atoms with van der Waals surface area (Å²) in [6.45, 7) is 5.02. The molecule has 1 heterocycles. The van der Waals surface area contributed by atoms with Crippen molar-refractivity contribution in [2.24, 2.45) is 11.7 Å². The van der Waals surface area contributed by atoms with Crippen LogP contribution >= 0.6 is 0 Å². The molecule has 2 unspecified atom stereocenters. The number of rotatable bonds is 4. The second kappa shape index (κ2) is 7.22. The largest absolute Gasteiger partial charge is 0.374 e. The molecule has 1 aliphatic heterocycles. The standard InChI is InChI=1S/C15H27N3O3/c1-10(2)14(16)15(20)17-9-13(19)18-7-8-21-12-6-4-3-5-11(12)18/h10-12,14H,3-9,16H2,1-2H3,(H,17,20)/t11?,12?,14-/m0/s1. The zero-order valence-electron chi connectivity index (χ0n) is 13.0. The minimum absolute atomic E-state index is 0.0282. The highest BCUT2D eigenvalue weighted by molar-refractivity contribution is 5.87. The van der Waals surface area contributed by atoms with Crippen LogP contribution in [0.5, 0.6) is 0 Å². The van der Waals surface area contributed by atoms with Crippen LogP contribution in [0.15, 0.2) is 0 Å². The maximum Gasteiger partial charge on any atom is 0.242 e. The molecule has 2 rings (SSSR count). The second-order valence-corrected chi connectivity index (χ2v) is 6.34. The lowest BCUT2D eigenvalue weighted by molar-refractivity contribution is -0.149. The third-order valence-electron chi connectivity index (χ3n) is 4.49. The van der Waals surface area contributed by atoms with Crippen molar-refractivity contribution in [1.82, 2.24) is 10.2 Å². The number of nitrogens with one attached hydrogen (secondary N) is 1. The number of carbonyl (C=O) groups is 2. The first-order valence-corrected chi connectivity index (χ1v) is 7.95. The normalized spacial score (nSPS) is 27.1. The zero-order chi connectivity index (χ0) is 15.4. The van der Waals surface area contributed by atoms with Crippen molar-refractivity contribution < 1.29 is 14.3 Å². The number of hydrogen-bond acceptors (Lipinski definition) is 4. The van der Waals surface area contributed by atoms with E-state index in [1.165, 1.54) is 6.42 Å². The lowest BCUT2D eigenvalue weighted by Crippen LogP contribution is -2.57. The first-order valence-electron chi connectivity index (χ1n) is 7.95. The van der Waals surface area contributed by atoms with Crippen LogP contribution in [0, 0.1) is 5.92 Å². The van der Waals surface area contributed by atoms with Gasteiger partial charge in [0.25, 0.3) is 0 Å². The number of ether oxygens (including phenoxy) is 1. The molecule has 0 aromatic carbocycles. The topological polar surface area (TPSA) is 84.7 Å². The summed E-state index contributed by atoms with van der Waals surface area (Å²) in [6.07, 6.45) is 4.50. The Morgan fingerprint density at radius 2 is 2.05 bits per heavy atom. The fraction of sp³-hybridized carbons (Fsp3) is 0.867. The zero-order valence-corrected chi connectivity index (χ0v) is 13.0. The van der Waals surface area contributed by atoms with Crippen LogP contribution in [0.2, 0.25) is 0 Å². The number of hydrogen-bond donors (Lipinski definition) is 2. The van der Waals surface area contributed by atoms with Gasteiger partial charge in [-0.05, 0) is 18.8 Å². The molecule has 120 valence electrons. The van der Waals surface area contributed by atoms with Gasteiger partial charge < -0.3 is 20.7 Å². The lowest BCUT2D eigenvalue weighted by Gasteiger charge is -2.43. The van der Waals surface area contributed by atoms with Gasteiger partial charge in [0, 0.05) is 6.54 Å². The van der Waals surface area contributed by atoms with Crippen molar-refractivity contribution in [2.75, 3.05) is 19.7 Å². The third kappa shape index (κ3) is 3.95. The fourth-order valence-corrected chi connectivity index (χ4v) is 3.09. The van der Waals surface area contributed by atoms with Crippen LogP contribution in [-0.4, -0.2) is 54.6 Å². The Balaban J connectivity index is 1.86. The summed E-state index contributed by atoms with van der Waals surface area (Å²) in [7, 11) is 0. The number of morpholine rings is 1. The summed E-state index contributed by atoms with van der Waals surface area (Å²) in [5, 5.41) is 2.66. The van der Waals surface area contributed by atoms with E-state index in [4.69, 9.17) is 10.5 Å². The van der Waals surface area contributed by atoms with E-state index in [2.05, 4.69) is 5.32 Å².